The summed E-state index contributed by atoms with van der Waals surface area (Å²) in [4.78, 5) is 2.25. The van der Waals surface area contributed by atoms with Gasteiger partial charge in [-0.1, -0.05) is 18.2 Å². The Kier molecular flexibility index (Phi) is 5.36. The summed E-state index contributed by atoms with van der Waals surface area (Å²) in [5.41, 5.74) is 6.74. The van der Waals surface area contributed by atoms with Gasteiger partial charge in [-0.25, -0.2) is 4.39 Å². The van der Waals surface area contributed by atoms with Crippen molar-refractivity contribution in [3.05, 3.63) is 35.6 Å². The van der Waals surface area contributed by atoms with Crippen LogP contribution in [0.2, 0.25) is 0 Å². The first-order valence-electron chi connectivity index (χ1n) is 7.74. The summed E-state index contributed by atoms with van der Waals surface area (Å²) in [5, 5.41) is 0. The second-order valence-corrected chi connectivity index (χ2v) is 6.19. The third kappa shape index (κ3) is 3.28. The van der Waals surface area contributed by atoms with Crippen LogP contribution in [0.5, 0.6) is 0 Å². The van der Waals surface area contributed by atoms with Crippen LogP contribution < -0.4 is 5.73 Å². The third-order valence-electron chi connectivity index (χ3n) is 5.17. The van der Waals surface area contributed by atoms with Crippen molar-refractivity contribution < 1.29 is 9.13 Å². The minimum atomic E-state index is -0.150. The van der Waals surface area contributed by atoms with Gasteiger partial charge < -0.3 is 10.5 Å². The SMILES string of the molecule is COC1CCCC(CN)(N(C)C(C)c2ccccc2F)C1. The van der Waals surface area contributed by atoms with Crippen molar-refractivity contribution in [3.63, 3.8) is 0 Å². The lowest BCUT2D eigenvalue weighted by atomic mass is 9.78. The highest BCUT2D eigenvalue weighted by atomic mass is 19.1. The molecule has 1 aromatic rings. The molecule has 0 aromatic heterocycles. The van der Waals surface area contributed by atoms with Gasteiger partial charge >= 0.3 is 0 Å². The molecule has 118 valence electrons. The van der Waals surface area contributed by atoms with E-state index in [-0.39, 0.29) is 23.5 Å². The van der Waals surface area contributed by atoms with Gasteiger partial charge in [-0.15, -0.1) is 0 Å². The number of halogens is 1. The zero-order chi connectivity index (χ0) is 15.5. The van der Waals surface area contributed by atoms with Crippen LogP contribution in [0.1, 0.15) is 44.2 Å². The van der Waals surface area contributed by atoms with Crippen LogP contribution in [-0.4, -0.2) is 37.2 Å². The van der Waals surface area contributed by atoms with E-state index in [2.05, 4.69) is 11.9 Å². The van der Waals surface area contributed by atoms with Crippen LogP contribution in [-0.2, 0) is 4.74 Å². The molecule has 0 saturated heterocycles. The average molecular weight is 294 g/mol. The van der Waals surface area contributed by atoms with Gasteiger partial charge in [0.05, 0.1) is 6.10 Å². The summed E-state index contributed by atoms with van der Waals surface area (Å²) in [6.45, 7) is 2.62. The Morgan fingerprint density at radius 2 is 2.19 bits per heavy atom. The maximum atomic E-state index is 14.1. The van der Waals surface area contributed by atoms with E-state index >= 15 is 0 Å². The van der Waals surface area contributed by atoms with Gasteiger partial charge in [0.1, 0.15) is 5.82 Å². The van der Waals surface area contributed by atoms with Gasteiger partial charge in [0.2, 0.25) is 0 Å². The summed E-state index contributed by atoms with van der Waals surface area (Å²) in [7, 11) is 3.82. The van der Waals surface area contributed by atoms with Crippen LogP contribution in [0.3, 0.4) is 0 Å². The first-order chi connectivity index (χ1) is 10.0. The number of nitrogens with zero attached hydrogens (tertiary/aromatic N) is 1. The van der Waals surface area contributed by atoms with Gasteiger partial charge in [-0.2, -0.15) is 0 Å². The maximum absolute atomic E-state index is 14.1. The fourth-order valence-corrected chi connectivity index (χ4v) is 3.57. The van der Waals surface area contributed by atoms with Crippen molar-refractivity contribution in [1.29, 1.82) is 0 Å². The Bertz CT molecular complexity index is 468. The van der Waals surface area contributed by atoms with E-state index in [9.17, 15) is 4.39 Å². The summed E-state index contributed by atoms with van der Waals surface area (Å²) >= 11 is 0. The molecule has 0 bridgehead atoms. The predicted molar refractivity (Wildman–Crippen MR) is 83.6 cm³/mol. The summed E-state index contributed by atoms with van der Waals surface area (Å²) in [5.74, 6) is -0.150. The Balaban J connectivity index is 2.23. The molecule has 0 radical (unpaired) electrons. The molecule has 0 spiro atoms. The molecule has 3 unspecified atom stereocenters. The molecule has 0 aliphatic heterocycles. The lowest BCUT2D eigenvalue weighted by Gasteiger charge is -2.48. The monoisotopic (exact) mass is 294 g/mol. The van der Waals surface area contributed by atoms with Crippen LogP contribution in [0.4, 0.5) is 4.39 Å². The standard InChI is InChI=1S/C17H27FN2O/c1-13(15-8-4-5-9-16(15)18)20(2)17(12-19)10-6-7-14(11-17)21-3/h4-5,8-9,13-14H,6-7,10-12,19H2,1-3H3. The lowest BCUT2D eigenvalue weighted by molar-refractivity contribution is -0.0262. The molecule has 1 saturated carbocycles. The highest BCUT2D eigenvalue weighted by molar-refractivity contribution is 5.21. The molecule has 4 heteroatoms. The number of hydrogen-bond acceptors (Lipinski definition) is 3. The molecule has 1 aliphatic rings. The van der Waals surface area contributed by atoms with E-state index in [1.54, 1.807) is 13.2 Å². The van der Waals surface area contributed by atoms with E-state index in [4.69, 9.17) is 10.5 Å². The lowest BCUT2D eigenvalue weighted by Crippen LogP contribution is -2.56. The fourth-order valence-electron chi connectivity index (χ4n) is 3.57. The molecule has 1 aromatic carbocycles. The second kappa shape index (κ2) is 6.86. The van der Waals surface area contributed by atoms with E-state index in [0.29, 0.717) is 6.54 Å². The van der Waals surface area contributed by atoms with E-state index < -0.39 is 0 Å². The van der Waals surface area contributed by atoms with Crippen molar-refractivity contribution in [1.82, 2.24) is 4.90 Å². The zero-order valence-electron chi connectivity index (χ0n) is 13.3. The van der Waals surface area contributed by atoms with Crippen LogP contribution in [0, 0.1) is 5.82 Å². The highest BCUT2D eigenvalue weighted by Gasteiger charge is 2.41. The second-order valence-electron chi connectivity index (χ2n) is 6.19. The van der Waals surface area contributed by atoms with Gasteiger partial charge in [-0.05, 0) is 45.7 Å². The van der Waals surface area contributed by atoms with E-state index in [0.717, 1.165) is 31.2 Å². The van der Waals surface area contributed by atoms with Crippen LogP contribution in [0.15, 0.2) is 24.3 Å². The Morgan fingerprint density at radius 1 is 1.48 bits per heavy atom. The quantitative estimate of drug-likeness (QED) is 0.907. The Hall–Kier alpha value is -0.970. The summed E-state index contributed by atoms with van der Waals surface area (Å²) in [6, 6.07) is 6.98. The zero-order valence-corrected chi connectivity index (χ0v) is 13.3. The smallest absolute Gasteiger partial charge is 0.127 e. The number of likely N-dealkylation sites (N-methyl/N-ethyl adjacent to an activating group) is 1. The maximum Gasteiger partial charge on any atom is 0.127 e. The molecule has 1 aliphatic carbocycles. The van der Waals surface area contributed by atoms with Crippen LogP contribution >= 0.6 is 0 Å². The Labute approximate surface area is 127 Å². The highest BCUT2D eigenvalue weighted by Crippen LogP contribution is 2.38. The van der Waals surface area contributed by atoms with Gasteiger partial charge in [0.15, 0.2) is 0 Å². The topological polar surface area (TPSA) is 38.5 Å². The molecule has 0 heterocycles. The van der Waals surface area contributed by atoms with Crippen LogP contribution in [0.25, 0.3) is 0 Å². The molecule has 21 heavy (non-hydrogen) atoms. The summed E-state index contributed by atoms with van der Waals surface area (Å²) < 4.78 is 19.6. The first kappa shape index (κ1) is 16.4. The number of nitrogens with two attached hydrogens (primary N) is 1. The molecule has 2 rings (SSSR count). The number of methoxy groups -OCH3 is 1. The largest absolute Gasteiger partial charge is 0.381 e. The third-order valence-corrected chi connectivity index (χ3v) is 5.17. The minimum absolute atomic E-state index is 0.00893. The van der Waals surface area contributed by atoms with Crippen molar-refractivity contribution in [3.8, 4) is 0 Å². The average Bonchev–Trinajstić information content (AvgIpc) is 2.53. The van der Waals surface area contributed by atoms with Crippen molar-refractivity contribution in [2.75, 3.05) is 20.7 Å². The normalized spacial score (nSPS) is 27.8. The number of ether oxygens (including phenoxy) is 1. The van der Waals surface area contributed by atoms with E-state index in [1.165, 1.54) is 6.07 Å². The predicted octanol–water partition coefficient (Wildman–Crippen LogP) is 3.11. The van der Waals surface area contributed by atoms with E-state index in [1.807, 2.05) is 19.1 Å². The molecular weight excluding hydrogens is 267 g/mol. The van der Waals surface area contributed by atoms with Crippen molar-refractivity contribution in [2.45, 2.75) is 50.3 Å². The number of benzene rings is 1. The van der Waals surface area contributed by atoms with Gasteiger partial charge in [0.25, 0.3) is 0 Å². The molecule has 0 amide bonds. The Morgan fingerprint density at radius 3 is 2.81 bits per heavy atom. The van der Waals surface area contributed by atoms with Crippen molar-refractivity contribution >= 4 is 0 Å². The number of rotatable bonds is 5. The molecule has 3 atom stereocenters. The molecule has 3 nitrogen and oxygen atoms in total. The first-order valence-corrected chi connectivity index (χ1v) is 7.74. The molecular formula is C17H27FN2O. The molecule has 1 fully saturated rings. The number of hydrogen-bond donors (Lipinski definition) is 1. The minimum Gasteiger partial charge on any atom is -0.381 e. The van der Waals surface area contributed by atoms with Crippen molar-refractivity contribution in [2.24, 2.45) is 5.73 Å². The van der Waals surface area contributed by atoms with Gasteiger partial charge in [-0.3, -0.25) is 4.90 Å². The fraction of sp³-hybridized carbons (Fsp3) is 0.647. The van der Waals surface area contributed by atoms with Gasteiger partial charge in [0, 0.05) is 30.8 Å². The molecule has 2 N–H and O–H groups in total. The summed E-state index contributed by atoms with van der Waals surface area (Å²) in [6.07, 6.45) is 4.38.